The minimum Gasteiger partial charge on any atom is -0.489 e. The number of alkyl halides is 2. The molecule has 1 aliphatic rings. The van der Waals surface area contributed by atoms with Crippen molar-refractivity contribution >= 4 is 29.2 Å². The van der Waals surface area contributed by atoms with Crippen molar-refractivity contribution in [2.24, 2.45) is 0 Å². The molecule has 0 aliphatic heterocycles. The van der Waals surface area contributed by atoms with Crippen molar-refractivity contribution in [1.29, 1.82) is 0 Å². The molecular formula is C17H14Cl2O3. The molecule has 0 aromatic heterocycles. The first-order valence-electron chi connectivity index (χ1n) is 6.84. The third kappa shape index (κ3) is 2.55. The molecule has 2 aromatic carbocycles. The monoisotopic (exact) mass is 336 g/mol. The molecule has 1 unspecified atom stereocenters. The van der Waals surface area contributed by atoms with Crippen LogP contribution in [0.1, 0.15) is 17.5 Å². The van der Waals surface area contributed by atoms with Gasteiger partial charge in [-0.3, -0.25) is 4.79 Å². The second-order valence-electron chi connectivity index (χ2n) is 5.39. The van der Waals surface area contributed by atoms with Crippen molar-refractivity contribution < 1.29 is 14.6 Å². The van der Waals surface area contributed by atoms with E-state index in [0.29, 0.717) is 17.9 Å². The number of ether oxygens (including phenoxy) is 1. The van der Waals surface area contributed by atoms with Gasteiger partial charge >= 0.3 is 5.97 Å². The lowest BCUT2D eigenvalue weighted by Gasteiger charge is -2.14. The van der Waals surface area contributed by atoms with Crippen LogP contribution >= 0.6 is 23.2 Å². The Kier molecular flexibility index (Phi) is 3.79. The Morgan fingerprint density at radius 3 is 2.18 bits per heavy atom. The molecule has 2 aromatic rings. The molecule has 0 heterocycles. The van der Waals surface area contributed by atoms with Gasteiger partial charge in [0, 0.05) is 6.42 Å². The van der Waals surface area contributed by atoms with Crippen LogP contribution in [0.4, 0.5) is 0 Å². The number of carbonyl (C=O) groups is 1. The van der Waals surface area contributed by atoms with E-state index in [-0.39, 0.29) is 6.42 Å². The van der Waals surface area contributed by atoms with E-state index in [1.165, 1.54) is 0 Å². The number of halogens is 2. The first-order chi connectivity index (χ1) is 10.5. The average Bonchev–Trinajstić information content (AvgIpc) is 3.11. The van der Waals surface area contributed by atoms with Crippen molar-refractivity contribution in [1.82, 2.24) is 0 Å². The van der Waals surface area contributed by atoms with E-state index < -0.39 is 15.7 Å². The third-order valence-electron chi connectivity index (χ3n) is 3.95. The predicted molar refractivity (Wildman–Crippen MR) is 85.6 cm³/mol. The molecule has 1 fully saturated rings. The first-order valence-corrected chi connectivity index (χ1v) is 7.60. The van der Waals surface area contributed by atoms with Gasteiger partial charge in [0.1, 0.15) is 22.1 Å². The molecule has 3 nitrogen and oxygen atoms in total. The molecule has 0 bridgehead atoms. The molecular weight excluding hydrogens is 323 g/mol. The summed E-state index contributed by atoms with van der Waals surface area (Å²) in [4.78, 5) is 11.5. The summed E-state index contributed by atoms with van der Waals surface area (Å²) in [5.74, 6) is -0.334. The van der Waals surface area contributed by atoms with E-state index in [2.05, 4.69) is 0 Å². The number of aliphatic carboxylic acids is 1. The Labute approximate surface area is 138 Å². The first kappa shape index (κ1) is 15.2. The second kappa shape index (κ2) is 5.49. The zero-order chi connectivity index (χ0) is 15.8. The molecule has 0 amide bonds. The summed E-state index contributed by atoms with van der Waals surface area (Å²) in [6, 6.07) is 16.7. The van der Waals surface area contributed by atoms with E-state index >= 15 is 0 Å². The summed E-state index contributed by atoms with van der Waals surface area (Å²) in [6.45, 7) is 0.458. The Balaban J connectivity index is 1.72. The Morgan fingerprint density at radius 1 is 1.09 bits per heavy atom. The Bertz CT molecular complexity index is 683. The van der Waals surface area contributed by atoms with Crippen molar-refractivity contribution in [3.63, 3.8) is 0 Å². The summed E-state index contributed by atoms with van der Waals surface area (Å²) in [5.41, 5.74) is 0.446. The lowest BCUT2D eigenvalue weighted by Crippen LogP contribution is -2.26. The van der Waals surface area contributed by atoms with E-state index in [4.69, 9.17) is 27.9 Å². The number of hydrogen-bond donors (Lipinski definition) is 1. The van der Waals surface area contributed by atoms with Gasteiger partial charge in [-0.05, 0) is 23.3 Å². The van der Waals surface area contributed by atoms with E-state index in [0.717, 1.165) is 5.56 Å². The standard InChI is InChI=1S/C17H14Cl2O3/c18-17(19)11-16(17,15(20)21)13-6-8-14(9-7-13)22-10-12-4-2-1-3-5-12/h1-9H,10-11H2,(H,20,21). The van der Waals surface area contributed by atoms with Gasteiger partial charge in [0.2, 0.25) is 0 Å². The minimum absolute atomic E-state index is 0.211. The van der Waals surface area contributed by atoms with Crippen LogP contribution < -0.4 is 4.74 Å². The van der Waals surface area contributed by atoms with Crippen LogP contribution in [-0.4, -0.2) is 15.4 Å². The quantitative estimate of drug-likeness (QED) is 0.833. The molecule has 0 radical (unpaired) electrons. The Morgan fingerprint density at radius 2 is 1.68 bits per heavy atom. The molecule has 0 saturated heterocycles. The molecule has 1 N–H and O–H groups in total. The highest BCUT2D eigenvalue weighted by molar-refractivity contribution is 6.54. The van der Waals surface area contributed by atoms with Gasteiger partial charge in [-0.15, -0.1) is 0 Å². The summed E-state index contributed by atoms with van der Waals surface area (Å²) < 4.78 is 4.43. The topological polar surface area (TPSA) is 46.5 Å². The van der Waals surface area contributed by atoms with Crippen LogP contribution in [0, 0.1) is 0 Å². The van der Waals surface area contributed by atoms with Crippen molar-refractivity contribution in [2.75, 3.05) is 0 Å². The van der Waals surface area contributed by atoms with Gasteiger partial charge in [0.15, 0.2) is 0 Å². The molecule has 3 rings (SSSR count). The summed E-state index contributed by atoms with van der Waals surface area (Å²) in [6.07, 6.45) is 0.211. The van der Waals surface area contributed by atoms with E-state index in [9.17, 15) is 9.90 Å². The van der Waals surface area contributed by atoms with Crippen LogP contribution in [0.5, 0.6) is 5.75 Å². The normalized spacial score (nSPS) is 22.1. The van der Waals surface area contributed by atoms with E-state index in [1.807, 2.05) is 30.3 Å². The highest BCUT2D eigenvalue weighted by Gasteiger charge is 2.72. The summed E-state index contributed by atoms with van der Waals surface area (Å²) in [5, 5.41) is 9.41. The molecule has 1 saturated carbocycles. The Hall–Kier alpha value is -1.71. The van der Waals surface area contributed by atoms with Gasteiger partial charge < -0.3 is 9.84 Å². The van der Waals surface area contributed by atoms with Crippen LogP contribution in [0.25, 0.3) is 0 Å². The number of carboxylic acid groups (broad SMARTS) is 1. The molecule has 5 heteroatoms. The molecule has 1 atom stereocenters. The minimum atomic E-state index is -1.24. The van der Waals surface area contributed by atoms with Crippen LogP contribution in [0.3, 0.4) is 0 Å². The van der Waals surface area contributed by atoms with Crippen molar-refractivity contribution in [3.8, 4) is 5.75 Å². The van der Waals surface area contributed by atoms with Crippen LogP contribution in [-0.2, 0) is 16.8 Å². The number of hydrogen-bond acceptors (Lipinski definition) is 2. The van der Waals surface area contributed by atoms with Crippen molar-refractivity contribution in [2.45, 2.75) is 22.8 Å². The lowest BCUT2D eigenvalue weighted by atomic mass is 9.96. The zero-order valence-electron chi connectivity index (χ0n) is 11.6. The number of carboxylic acids is 1. The molecule has 1 aliphatic carbocycles. The van der Waals surface area contributed by atoms with E-state index in [1.54, 1.807) is 24.3 Å². The SMILES string of the molecule is O=C(O)C1(c2ccc(OCc3ccccc3)cc2)CC1(Cl)Cl. The lowest BCUT2D eigenvalue weighted by molar-refractivity contribution is -0.140. The third-order valence-corrected chi connectivity index (χ3v) is 4.86. The fourth-order valence-electron chi connectivity index (χ4n) is 2.53. The molecule has 22 heavy (non-hydrogen) atoms. The number of rotatable bonds is 5. The van der Waals surface area contributed by atoms with Gasteiger partial charge in [-0.25, -0.2) is 0 Å². The largest absolute Gasteiger partial charge is 0.489 e. The van der Waals surface area contributed by atoms with Crippen LogP contribution in [0.15, 0.2) is 54.6 Å². The highest BCUT2D eigenvalue weighted by Crippen LogP contribution is 2.65. The molecule has 0 spiro atoms. The summed E-state index contributed by atoms with van der Waals surface area (Å²) >= 11 is 12.1. The van der Waals surface area contributed by atoms with Gasteiger partial charge in [0.25, 0.3) is 0 Å². The van der Waals surface area contributed by atoms with Crippen LogP contribution in [0.2, 0.25) is 0 Å². The maximum absolute atomic E-state index is 11.5. The number of benzene rings is 2. The zero-order valence-corrected chi connectivity index (χ0v) is 13.1. The maximum Gasteiger partial charge on any atom is 0.317 e. The smallest absolute Gasteiger partial charge is 0.317 e. The predicted octanol–water partition coefficient (Wildman–Crippen LogP) is 4.17. The maximum atomic E-state index is 11.5. The fraction of sp³-hybridized carbons (Fsp3) is 0.235. The van der Waals surface area contributed by atoms with Gasteiger partial charge in [-0.2, -0.15) is 0 Å². The van der Waals surface area contributed by atoms with Gasteiger partial charge in [-0.1, -0.05) is 65.7 Å². The average molecular weight is 337 g/mol. The highest BCUT2D eigenvalue weighted by atomic mass is 35.5. The van der Waals surface area contributed by atoms with Crippen molar-refractivity contribution in [3.05, 3.63) is 65.7 Å². The summed E-state index contributed by atoms with van der Waals surface area (Å²) in [7, 11) is 0. The second-order valence-corrected chi connectivity index (χ2v) is 6.87. The fourth-order valence-corrected chi connectivity index (χ4v) is 3.31. The van der Waals surface area contributed by atoms with Gasteiger partial charge in [0.05, 0.1) is 0 Å². The molecule has 114 valence electrons.